The fourth-order valence-electron chi connectivity index (χ4n) is 2.42. The summed E-state index contributed by atoms with van der Waals surface area (Å²) in [4.78, 5) is 0. The molecule has 3 heteroatoms. The van der Waals surface area contributed by atoms with Crippen molar-refractivity contribution in [2.45, 2.75) is 51.5 Å². The Bertz CT molecular complexity index is 180. The van der Waals surface area contributed by atoms with Crippen LogP contribution in [0.5, 0.6) is 0 Å². The SMILES string of the molecule is CNC1(C(F)F)CCCC(C)(C)C1. The van der Waals surface area contributed by atoms with Gasteiger partial charge in [-0.1, -0.05) is 20.3 Å². The Morgan fingerprint density at radius 3 is 2.15 bits per heavy atom. The first kappa shape index (κ1) is 10.9. The van der Waals surface area contributed by atoms with Crippen LogP contribution in [0.4, 0.5) is 8.78 Å². The van der Waals surface area contributed by atoms with Gasteiger partial charge in [-0.3, -0.25) is 0 Å². The summed E-state index contributed by atoms with van der Waals surface area (Å²) in [5, 5.41) is 2.82. The van der Waals surface area contributed by atoms with Crippen LogP contribution >= 0.6 is 0 Å². The van der Waals surface area contributed by atoms with Gasteiger partial charge in [0.1, 0.15) is 0 Å². The standard InChI is InChI=1S/C10H19F2N/c1-9(2)5-4-6-10(7-9,13-3)8(11)12/h8,13H,4-7H2,1-3H3. The molecule has 1 fully saturated rings. The van der Waals surface area contributed by atoms with E-state index in [2.05, 4.69) is 19.2 Å². The molecule has 0 radical (unpaired) electrons. The maximum Gasteiger partial charge on any atom is 0.256 e. The maximum atomic E-state index is 12.9. The predicted octanol–water partition coefficient (Wildman–Crippen LogP) is 2.81. The van der Waals surface area contributed by atoms with Crippen molar-refractivity contribution in [2.24, 2.45) is 5.41 Å². The summed E-state index contributed by atoms with van der Waals surface area (Å²) in [6.45, 7) is 4.14. The van der Waals surface area contributed by atoms with Crippen LogP contribution in [0.2, 0.25) is 0 Å². The van der Waals surface area contributed by atoms with Gasteiger partial charge in [0, 0.05) is 0 Å². The third kappa shape index (κ3) is 2.19. The van der Waals surface area contributed by atoms with Gasteiger partial charge in [0.25, 0.3) is 6.43 Å². The number of hydrogen-bond donors (Lipinski definition) is 1. The molecule has 0 aliphatic heterocycles. The number of halogens is 2. The molecule has 0 heterocycles. The second kappa shape index (κ2) is 3.52. The van der Waals surface area contributed by atoms with E-state index in [1.807, 2.05) is 0 Å². The van der Waals surface area contributed by atoms with Crippen LogP contribution in [0.1, 0.15) is 39.5 Å². The van der Waals surface area contributed by atoms with Crippen molar-refractivity contribution in [3.05, 3.63) is 0 Å². The third-order valence-electron chi connectivity index (χ3n) is 3.19. The highest BCUT2D eigenvalue weighted by molar-refractivity contribution is 4.97. The fourth-order valence-corrected chi connectivity index (χ4v) is 2.42. The zero-order valence-electron chi connectivity index (χ0n) is 8.66. The molecule has 1 rings (SSSR count). The molecule has 0 aromatic rings. The van der Waals surface area contributed by atoms with E-state index < -0.39 is 12.0 Å². The Morgan fingerprint density at radius 2 is 1.85 bits per heavy atom. The van der Waals surface area contributed by atoms with Crippen LogP contribution in [0, 0.1) is 5.41 Å². The summed E-state index contributed by atoms with van der Waals surface area (Å²) in [5.41, 5.74) is -0.876. The van der Waals surface area contributed by atoms with Gasteiger partial charge in [-0.25, -0.2) is 8.78 Å². The van der Waals surface area contributed by atoms with Gasteiger partial charge in [0.2, 0.25) is 0 Å². The van der Waals surface area contributed by atoms with E-state index in [-0.39, 0.29) is 5.41 Å². The molecule has 1 nitrogen and oxygen atoms in total. The molecule has 1 unspecified atom stereocenters. The Hall–Kier alpha value is -0.180. The predicted molar refractivity (Wildman–Crippen MR) is 50.0 cm³/mol. The Morgan fingerprint density at radius 1 is 1.23 bits per heavy atom. The molecular weight excluding hydrogens is 172 g/mol. The van der Waals surface area contributed by atoms with Crippen molar-refractivity contribution in [1.82, 2.24) is 5.32 Å². The minimum atomic E-state index is -2.25. The van der Waals surface area contributed by atoms with Crippen LogP contribution in [0.25, 0.3) is 0 Å². The summed E-state index contributed by atoms with van der Waals surface area (Å²) < 4.78 is 25.7. The lowest BCUT2D eigenvalue weighted by atomic mass is 9.68. The molecule has 0 aromatic carbocycles. The highest BCUT2D eigenvalue weighted by atomic mass is 19.3. The van der Waals surface area contributed by atoms with E-state index in [0.717, 1.165) is 12.8 Å². The summed E-state index contributed by atoms with van der Waals surface area (Å²) in [5.74, 6) is 0. The van der Waals surface area contributed by atoms with Crippen LogP contribution < -0.4 is 5.32 Å². The van der Waals surface area contributed by atoms with Crippen molar-refractivity contribution < 1.29 is 8.78 Å². The lowest BCUT2D eigenvalue weighted by molar-refractivity contribution is -0.0199. The molecule has 0 spiro atoms. The van der Waals surface area contributed by atoms with Gasteiger partial charge in [-0.15, -0.1) is 0 Å². The molecule has 13 heavy (non-hydrogen) atoms. The molecule has 1 aliphatic carbocycles. The minimum Gasteiger partial charge on any atom is -0.309 e. The lowest BCUT2D eigenvalue weighted by Gasteiger charge is -2.44. The Labute approximate surface area is 78.9 Å². The molecule has 78 valence electrons. The van der Waals surface area contributed by atoms with E-state index in [4.69, 9.17) is 0 Å². The molecule has 1 atom stereocenters. The van der Waals surface area contributed by atoms with Gasteiger partial charge >= 0.3 is 0 Å². The van der Waals surface area contributed by atoms with Gasteiger partial charge < -0.3 is 5.32 Å². The van der Waals surface area contributed by atoms with Crippen molar-refractivity contribution in [2.75, 3.05) is 7.05 Å². The average molecular weight is 191 g/mol. The smallest absolute Gasteiger partial charge is 0.256 e. The van der Waals surface area contributed by atoms with Crippen molar-refractivity contribution >= 4 is 0 Å². The van der Waals surface area contributed by atoms with Crippen LogP contribution in [0.3, 0.4) is 0 Å². The molecular formula is C10H19F2N. The van der Waals surface area contributed by atoms with Gasteiger partial charge in [-0.05, 0) is 31.7 Å². The number of rotatable bonds is 2. The van der Waals surface area contributed by atoms with E-state index in [9.17, 15) is 8.78 Å². The molecule has 0 bridgehead atoms. The first-order valence-electron chi connectivity index (χ1n) is 4.89. The summed E-state index contributed by atoms with van der Waals surface area (Å²) >= 11 is 0. The van der Waals surface area contributed by atoms with Gasteiger partial charge in [0.05, 0.1) is 5.54 Å². The highest BCUT2D eigenvalue weighted by Crippen LogP contribution is 2.43. The molecule has 1 saturated carbocycles. The first-order chi connectivity index (χ1) is 5.92. The highest BCUT2D eigenvalue weighted by Gasteiger charge is 2.45. The summed E-state index contributed by atoms with van der Waals surface area (Å²) in [6.07, 6.45) is 0.886. The monoisotopic (exact) mass is 191 g/mol. The van der Waals surface area contributed by atoms with Crippen LogP contribution in [-0.2, 0) is 0 Å². The zero-order chi connectivity index (χ0) is 10.1. The number of nitrogens with one attached hydrogen (secondary N) is 1. The zero-order valence-corrected chi connectivity index (χ0v) is 8.66. The third-order valence-corrected chi connectivity index (χ3v) is 3.19. The largest absolute Gasteiger partial charge is 0.309 e. The number of hydrogen-bond acceptors (Lipinski definition) is 1. The second-order valence-corrected chi connectivity index (χ2v) is 4.90. The van der Waals surface area contributed by atoms with E-state index in [1.165, 1.54) is 0 Å². The molecule has 1 aliphatic rings. The normalized spacial score (nSPS) is 33.7. The van der Waals surface area contributed by atoms with Crippen LogP contribution in [0.15, 0.2) is 0 Å². The van der Waals surface area contributed by atoms with Gasteiger partial charge in [-0.2, -0.15) is 0 Å². The second-order valence-electron chi connectivity index (χ2n) is 4.90. The molecule has 0 saturated heterocycles. The summed E-state index contributed by atoms with van der Waals surface area (Å²) in [6, 6.07) is 0. The molecule has 0 aromatic heterocycles. The van der Waals surface area contributed by atoms with E-state index >= 15 is 0 Å². The number of alkyl halides is 2. The van der Waals surface area contributed by atoms with E-state index in [1.54, 1.807) is 7.05 Å². The molecule has 1 N–H and O–H groups in total. The van der Waals surface area contributed by atoms with Crippen molar-refractivity contribution in [3.8, 4) is 0 Å². The minimum absolute atomic E-state index is 0.0533. The average Bonchev–Trinajstić information content (AvgIpc) is 2.02. The Kier molecular flexibility index (Phi) is 2.95. The lowest BCUT2D eigenvalue weighted by Crippen LogP contribution is -2.54. The van der Waals surface area contributed by atoms with E-state index in [0.29, 0.717) is 12.8 Å². The van der Waals surface area contributed by atoms with Crippen LogP contribution in [-0.4, -0.2) is 19.0 Å². The van der Waals surface area contributed by atoms with Crippen molar-refractivity contribution in [3.63, 3.8) is 0 Å². The van der Waals surface area contributed by atoms with Crippen molar-refractivity contribution in [1.29, 1.82) is 0 Å². The first-order valence-corrected chi connectivity index (χ1v) is 4.89. The Balaban J connectivity index is 2.76. The summed E-state index contributed by atoms with van der Waals surface area (Å²) in [7, 11) is 1.65. The molecule has 0 amide bonds. The quantitative estimate of drug-likeness (QED) is 0.707. The topological polar surface area (TPSA) is 12.0 Å². The maximum absolute atomic E-state index is 12.9. The van der Waals surface area contributed by atoms with Gasteiger partial charge in [0.15, 0.2) is 0 Å². The fraction of sp³-hybridized carbons (Fsp3) is 1.00.